The molecule has 0 saturated carbocycles. The molecule has 0 aliphatic heterocycles. The summed E-state index contributed by atoms with van der Waals surface area (Å²) in [7, 11) is 1.69. The van der Waals surface area contributed by atoms with Crippen LogP contribution in [0.15, 0.2) is 4.99 Å². The Balaban J connectivity index is 3.57. The minimum atomic E-state index is 0.667. The topological polar surface area (TPSA) is 71.7 Å². The maximum atomic E-state index is 5.35. The first kappa shape index (κ1) is 15.2. The van der Waals surface area contributed by atoms with Crippen LogP contribution in [0, 0.1) is 5.92 Å². The number of guanidine groups is 1. The molecule has 0 bridgehead atoms. The zero-order valence-corrected chi connectivity index (χ0v) is 10.8. The molecule has 4 N–H and O–H groups in total. The van der Waals surface area contributed by atoms with Gasteiger partial charge in [0.25, 0.3) is 0 Å². The van der Waals surface area contributed by atoms with Gasteiger partial charge in [-0.3, -0.25) is 10.4 Å². The summed E-state index contributed by atoms with van der Waals surface area (Å²) in [5, 5.41) is 3.17. The second-order valence-corrected chi connectivity index (χ2v) is 4.18. The molecule has 0 rings (SSSR count). The quantitative estimate of drug-likeness (QED) is 0.190. The van der Waals surface area contributed by atoms with Gasteiger partial charge in [0, 0.05) is 26.8 Å². The molecule has 0 unspecified atom stereocenters. The maximum Gasteiger partial charge on any atom is 0.205 e. The van der Waals surface area contributed by atoms with E-state index in [1.807, 2.05) is 0 Å². The predicted molar refractivity (Wildman–Crippen MR) is 68.2 cm³/mol. The zero-order valence-electron chi connectivity index (χ0n) is 10.8. The zero-order chi connectivity index (χ0) is 12.2. The van der Waals surface area contributed by atoms with E-state index in [0.29, 0.717) is 5.96 Å². The Labute approximate surface area is 98.8 Å². The van der Waals surface area contributed by atoms with Crippen LogP contribution in [0.5, 0.6) is 0 Å². The van der Waals surface area contributed by atoms with Crippen LogP contribution in [0.25, 0.3) is 0 Å². The van der Waals surface area contributed by atoms with Crippen molar-refractivity contribution in [1.29, 1.82) is 0 Å². The minimum absolute atomic E-state index is 0.667. The molecule has 0 aromatic carbocycles. The van der Waals surface area contributed by atoms with Crippen LogP contribution >= 0.6 is 0 Å². The first-order valence-corrected chi connectivity index (χ1v) is 5.94. The fraction of sp³-hybridized carbons (Fsp3) is 0.909. The summed E-state index contributed by atoms with van der Waals surface area (Å²) in [6.45, 7) is 6.81. The number of nitrogens with one attached hydrogen (secondary N) is 2. The second kappa shape index (κ2) is 10.7. The minimum Gasteiger partial charge on any atom is -0.385 e. The van der Waals surface area contributed by atoms with Gasteiger partial charge in [-0.05, 0) is 25.2 Å². The third-order valence-electron chi connectivity index (χ3n) is 2.16. The summed E-state index contributed by atoms with van der Waals surface area (Å²) in [5.41, 5.74) is 2.57. The van der Waals surface area contributed by atoms with Crippen LogP contribution in [0.3, 0.4) is 0 Å². The number of nitrogens with zero attached hydrogens (tertiary/aromatic N) is 1. The molecule has 0 aliphatic rings. The summed E-state index contributed by atoms with van der Waals surface area (Å²) in [5.74, 6) is 6.77. The van der Waals surface area contributed by atoms with Crippen molar-refractivity contribution >= 4 is 5.96 Å². The third-order valence-corrected chi connectivity index (χ3v) is 2.16. The average Bonchev–Trinajstić information content (AvgIpc) is 2.26. The molecule has 5 heteroatoms. The fourth-order valence-electron chi connectivity index (χ4n) is 1.27. The highest BCUT2D eigenvalue weighted by Gasteiger charge is 1.96. The number of hydrogen-bond acceptors (Lipinski definition) is 3. The van der Waals surface area contributed by atoms with Gasteiger partial charge in [-0.25, -0.2) is 5.84 Å². The average molecular weight is 230 g/mol. The van der Waals surface area contributed by atoms with Crippen molar-refractivity contribution in [3.05, 3.63) is 0 Å². The number of nitrogens with two attached hydrogens (primary N) is 1. The van der Waals surface area contributed by atoms with Crippen molar-refractivity contribution in [2.75, 3.05) is 26.8 Å². The highest BCUT2D eigenvalue weighted by molar-refractivity contribution is 5.79. The number of hydrazine groups is 1. The number of ether oxygens (including phenoxy) is 1. The van der Waals surface area contributed by atoms with Gasteiger partial charge in [0.05, 0.1) is 0 Å². The van der Waals surface area contributed by atoms with Crippen LogP contribution in [-0.2, 0) is 4.74 Å². The van der Waals surface area contributed by atoms with E-state index in [0.717, 1.165) is 38.5 Å². The monoisotopic (exact) mass is 230 g/mol. The van der Waals surface area contributed by atoms with Crippen molar-refractivity contribution in [2.24, 2.45) is 16.8 Å². The molecule has 0 spiro atoms. The lowest BCUT2D eigenvalue weighted by Crippen LogP contribution is -2.42. The molecular weight excluding hydrogens is 204 g/mol. The van der Waals surface area contributed by atoms with E-state index >= 15 is 0 Å². The van der Waals surface area contributed by atoms with Crippen molar-refractivity contribution < 1.29 is 4.74 Å². The van der Waals surface area contributed by atoms with Gasteiger partial charge in [-0.1, -0.05) is 13.8 Å². The number of methoxy groups -OCH3 is 1. The van der Waals surface area contributed by atoms with Gasteiger partial charge in [0.2, 0.25) is 5.96 Å². The second-order valence-electron chi connectivity index (χ2n) is 4.18. The van der Waals surface area contributed by atoms with Gasteiger partial charge in [-0.15, -0.1) is 0 Å². The van der Waals surface area contributed by atoms with Crippen molar-refractivity contribution in [2.45, 2.75) is 33.1 Å². The van der Waals surface area contributed by atoms with Crippen LogP contribution < -0.4 is 16.6 Å². The third kappa shape index (κ3) is 9.73. The largest absolute Gasteiger partial charge is 0.385 e. The smallest absolute Gasteiger partial charge is 0.205 e. The maximum absolute atomic E-state index is 5.35. The molecule has 5 nitrogen and oxygen atoms in total. The Hall–Kier alpha value is -0.810. The first-order valence-electron chi connectivity index (χ1n) is 5.94. The van der Waals surface area contributed by atoms with Crippen molar-refractivity contribution in [3.63, 3.8) is 0 Å². The highest BCUT2D eigenvalue weighted by Crippen LogP contribution is 2.01. The molecule has 0 aliphatic carbocycles. The van der Waals surface area contributed by atoms with Gasteiger partial charge in [0.15, 0.2) is 0 Å². The van der Waals surface area contributed by atoms with Crippen LogP contribution in [0.4, 0.5) is 0 Å². The summed E-state index contributed by atoms with van der Waals surface area (Å²) < 4.78 is 4.94. The van der Waals surface area contributed by atoms with E-state index in [1.165, 1.54) is 6.42 Å². The van der Waals surface area contributed by atoms with Gasteiger partial charge < -0.3 is 10.1 Å². The molecule has 16 heavy (non-hydrogen) atoms. The van der Waals surface area contributed by atoms with Gasteiger partial charge in [-0.2, -0.15) is 0 Å². The Bertz CT molecular complexity index is 183. The molecule has 0 fully saturated rings. The molecule has 0 amide bonds. The lowest BCUT2D eigenvalue weighted by molar-refractivity contribution is 0.197. The number of aliphatic imine (C=N–C) groups is 1. The molecular formula is C11H26N4O. The Morgan fingerprint density at radius 1 is 1.38 bits per heavy atom. The number of hydrogen-bond donors (Lipinski definition) is 3. The lowest BCUT2D eigenvalue weighted by atomic mass is 10.1. The molecule has 0 aromatic rings. The van der Waals surface area contributed by atoms with Crippen molar-refractivity contribution in [1.82, 2.24) is 10.7 Å². The van der Waals surface area contributed by atoms with E-state index < -0.39 is 0 Å². The van der Waals surface area contributed by atoms with Crippen LogP contribution in [-0.4, -0.2) is 32.8 Å². The van der Waals surface area contributed by atoms with E-state index in [9.17, 15) is 0 Å². The summed E-state index contributed by atoms with van der Waals surface area (Å²) in [6.07, 6.45) is 3.26. The molecule has 0 heterocycles. The summed E-state index contributed by atoms with van der Waals surface area (Å²) in [4.78, 5) is 4.29. The van der Waals surface area contributed by atoms with Gasteiger partial charge >= 0.3 is 0 Å². The predicted octanol–water partition coefficient (Wildman–Crippen LogP) is 0.868. The Morgan fingerprint density at radius 2 is 2.12 bits per heavy atom. The molecule has 0 radical (unpaired) electrons. The van der Waals surface area contributed by atoms with Crippen LogP contribution in [0.1, 0.15) is 33.1 Å². The highest BCUT2D eigenvalue weighted by atomic mass is 16.5. The van der Waals surface area contributed by atoms with Crippen molar-refractivity contribution in [3.8, 4) is 0 Å². The molecule has 0 aromatic heterocycles. The van der Waals surface area contributed by atoms with E-state index in [1.54, 1.807) is 7.11 Å². The van der Waals surface area contributed by atoms with E-state index in [-0.39, 0.29) is 0 Å². The Morgan fingerprint density at radius 3 is 2.69 bits per heavy atom. The molecule has 0 atom stereocenters. The standard InChI is InChI=1S/C11H26N4O/c1-10(2)6-4-7-13-11(15-12)14-8-5-9-16-3/h10H,4-9,12H2,1-3H3,(H2,13,14,15). The number of rotatable bonds is 8. The first-order chi connectivity index (χ1) is 7.70. The molecule has 0 saturated heterocycles. The summed E-state index contributed by atoms with van der Waals surface area (Å²) >= 11 is 0. The normalized spacial score (nSPS) is 11.9. The van der Waals surface area contributed by atoms with Crippen LogP contribution in [0.2, 0.25) is 0 Å². The Kier molecular flexibility index (Phi) is 10.2. The lowest BCUT2D eigenvalue weighted by Gasteiger charge is -2.09. The van der Waals surface area contributed by atoms with Gasteiger partial charge in [0.1, 0.15) is 0 Å². The molecule has 96 valence electrons. The van der Waals surface area contributed by atoms with E-state index in [2.05, 4.69) is 29.6 Å². The van der Waals surface area contributed by atoms with E-state index in [4.69, 9.17) is 10.6 Å². The fourth-order valence-corrected chi connectivity index (χ4v) is 1.27. The SMILES string of the molecule is COCCCN=C(NN)NCCCC(C)C. The summed E-state index contributed by atoms with van der Waals surface area (Å²) in [6, 6.07) is 0.